The lowest BCUT2D eigenvalue weighted by molar-refractivity contribution is 0.347. The Labute approximate surface area is 72.2 Å². The van der Waals surface area contributed by atoms with Gasteiger partial charge in [0.1, 0.15) is 6.66 Å². The molecule has 12 heavy (non-hydrogen) atoms. The molecule has 1 rings (SSSR count). The van der Waals surface area contributed by atoms with Gasteiger partial charge >= 0.3 is 7.94 Å². The summed E-state index contributed by atoms with van der Waals surface area (Å²) >= 11 is 0. The Balaban J connectivity index is 2.71. The lowest BCUT2D eigenvalue weighted by Gasteiger charge is -2.06. The van der Waals surface area contributed by atoms with Crippen molar-refractivity contribution < 1.29 is 14.3 Å². The Hall–Kier alpha value is -0.630. The second-order valence-corrected chi connectivity index (χ2v) is 4.59. The first-order valence-corrected chi connectivity index (χ1v) is 5.61. The summed E-state index contributed by atoms with van der Waals surface area (Å²) in [5.41, 5.74) is 1.11. The smallest absolute Gasteiger partial charge is 0.287 e. The summed E-state index contributed by atoms with van der Waals surface area (Å²) in [7, 11) is -3.15. The van der Waals surface area contributed by atoms with Crippen LogP contribution in [-0.4, -0.2) is 16.5 Å². The maximum atomic E-state index is 8.98. The monoisotopic (exact) mass is 187 g/mol. The van der Waals surface area contributed by atoms with Gasteiger partial charge in [0.2, 0.25) is 0 Å². The Morgan fingerprint density at radius 3 is 2.08 bits per heavy atom. The van der Waals surface area contributed by atoms with Gasteiger partial charge in [-0.1, -0.05) is 17.7 Å². The van der Waals surface area contributed by atoms with E-state index in [0.717, 1.165) is 5.56 Å². The second-order valence-electron chi connectivity index (χ2n) is 2.74. The molecule has 0 unspecified atom stereocenters. The number of aryl methyl sites for hydroxylation is 1. The van der Waals surface area contributed by atoms with Gasteiger partial charge in [0, 0.05) is 0 Å². The summed E-state index contributed by atoms with van der Waals surface area (Å²) in [6.07, 6.45) is 0. The standard InChI is InChI=1S/C8H12O3P/c1-7-3-5-8(6-4-7)11-12(2,9)10/h3-6,9-10H,1-2H3/q+1. The molecule has 0 bridgehead atoms. The van der Waals surface area contributed by atoms with Crippen LogP contribution in [0.2, 0.25) is 0 Å². The summed E-state index contributed by atoms with van der Waals surface area (Å²) in [6, 6.07) is 7.12. The van der Waals surface area contributed by atoms with Gasteiger partial charge < -0.3 is 0 Å². The zero-order valence-electron chi connectivity index (χ0n) is 7.06. The molecule has 3 nitrogen and oxygen atoms in total. The van der Waals surface area contributed by atoms with Gasteiger partial charge in [-0.15, -0.1) is 0 Å². The number of hydrogen-bond donors (Lipinski definition) is 2. The quantitative estimate of drug-likeness (QED) is 0.693. The first-order chi connectivity index (χ1) is 5.47. The average molecular weight is 187 g/mol. The maximum absolute atomic E-state index is 8.98. The number of benzene rings is 1. The van der Waals surface area contributed by atoms with E-state index in [9.17, 15) is 0 Å². The van der Waals surface area contributed by atoms with Gasteiger partial charge in [-0.3, -0.25) is 4.52 Å². The third-order valence-corrected chi connectivity index (χ3v) is 1.86. The van der Waals surface area contributed by atoms with Crippen molar-refractivity contribution in [2.24, 2.45) is 0 Å². The van der Waals surface area contributed by atoms with E-state index >= 15 is 0 Å². The minimum Gasteiger partial charge on any atom is -0.287 e. The molecule has 0 saturated carbocycles. The SMILES string of the molecule is Cc1ccc(O[P+](C)(O)O)cc1. The molecule has 0 aliphatic heterocycles. The van der Waals surface area contributed by atoms with E-state index in [4.69, 9.17) is 14.3 Å². The van der Waals surface area contributed by atoms with E-state index < -0.39 is 7.94 Å². The highest BCUT2D eigenvalue weighted by molar-refractivity contribution is 7.59. The maximum Gasteiger partial charge on any atom is 0.448 e. The molecular formula is C8H12O3P+. The highest BCUT2D eigenvalue weighted by atomic mass is 31.2. The average Bonchev–Trinajstić information content (AvgIpc) is 1.91. The fourth-order valence-corrected chi connectivity index (χ4v) is 1.32. The van der Waals surface area contributed by atoms with Crippen molar-refractivity contribution in [1.29, 1.82) is 0 Å². The third-order valence-electron chi connectivity index (χ3n) is 1.30. The van der Waals surface area contributed by atoms with E-state index in [1.807, 2.05) is 19.1 Å². The van der Waals surface area contributed by atoms with Gasteiger partial charge in [0.15, 0.2) is 5.75 Å². The normalized spacial score (nSPS) is 11.3. The van der Waals surface area contributed by atoms with Crippen molar-refractivity contribution in [3.63, 3.8) is 0 Å². The molecule has 0 radical (unpaired) electrons. The van der Waals surface area contributed by atoms with Crippen LogP contribution in [-0.2, 0) is 0 Å². The zero-order chi connectivity index (χ0) is 9.19. The summed E-state index contributed by atoms with van der Waals surface area (Å²) in [5, 5.41) is 0. The van der Waals surface area contributed by atoms with Crippen LogP contribution in [0.4, 0.5) is 0 Å². The van der Waals surface area contributed by atoms with Gasteiger partial charge in [-0.05, 0) is 19.1 Å². The highest BCUT2D eigenvalue weighted by Gasteiger charge is 2.28. The summed E-state index contributed by atoms with van der Waals surface area (Å²) in [4.78, 5) is 18.0. The molecular weight excluding hydrogens is 175 g/mol. The van der Waals surface area contributed by atoms with Crippen LogP contribution in [0.5, 0.6) is 5.75 Å². The minimum absolute atomic E-state index is 0.487. The lowest BCUT2D eigenvalue weighted by atomic mass is 10.2. The molecule has 1 aromatic rings. The van der Waals surface area contributed by atoms with Gasteiger partial charge in [0.25, 0.3) is 0 Å². The Morgan fingerprint density at radius 2 is 1.67 bits per heavy atom. The van der Waals surface area contributed by atoms with Crippen molar-refractivity contribution in [3.8, 4) is 5.75 Å². The van der Waals surface area contributed by atoms with Crippen molar-refractivity contribution in [2.75, 3.05) is 6.66 Å². The van der Waals surface area contributed by atoms with Crippen LogP contribution in [0, 0.1) is 6.92 Å². The van der Waals surface area contributed by atoms with E-state index in [1.165, 1.54) is 6.66 Å². The molecule has 4 heteroatoms. The van der Waals surface area contributed by atoms with Crippen LogP contribution in [0.1, 0.15) is 5.56 Å². The van der Waals surface area contributed by atoms with Crippen LogP contribution in [0.25, 0.3) is 0 Å². The minimum atomic E-state index is -3.15. The van der Waals surface area contributed by atoms with Crippen molar-refractivity contribution >= 4 is 7.94 Å². The first kappa shape index (κ1) is 9.46. The van der Waals surface area contributed by atoms with Crippen LogP contribution >= 0.6 is 7.94 Å². The molecule has 1 aromatic carbocycles. The molecule has 0 atom stereocenters. The topological polar surface area (TPSA) is 49.7 Å². The van der Waals surface area contributed by atoms with Crippen LogP contribution < -0.4 is 4.52 Å². The summed E-state index contributed by atoms with van der Waals surface area (Å²) in [6.45, 7) is 3.23. The summed E-state index contributed by atoms with van der Waals surface area (Å²) in [5.74, 6) is 0.487. The molecule has 0 saturated heterocycles. The lowest BCUT2D eigenvalue weighted by Crippen LogP contribution is -1.96. The molecule has 2 N–H and O–H groups in total. The van der Waals surface area contributed by atoms with Gasteiger partial charge in [0.05, 0.1) is 0 Å². The van der Waals surface area contributed by atoms with Gasteiger partial charge in [-0.25, -0.2) is 0 Å². The Bertz CT molecular complexity index is 250. The van der Waals surface area contributed by atoms with E-state index in [1.54, 1.807) is 12.1 Å². The van der Waals surface area contributed by atoms with E-state index in [-0.39, 0.29) is 0 Å². The molecule has 0 spiro atoms. The van der Waals surface area contributed by atoms with Crippen molar-refractivity contribution in [2.45, 2.75) is 6.92 Å². The molecule has 0 amide bonds. The first-order valence-electron chi connectivity index (χ1n) is 3.56. The van der Waals surface area contributed by atoms with E-state index in [2.05, 4.69) is 0 Å². The predicted octanol–water partition coefficient (Wildman–Crippen LogP) is 1.75. The molecule has 0 fully saturated rings. The number of rotatable bonds is 2. The van der Waals surface area contributed by atoms with Crippen LogP contribution in [0.15, 0.2) is 24.3 Å². The zero-order valence-corrected chi connectivity index (χ0v) is 7.95. The highest BCUT2D eigenvalue weighted by Crippen LogP contribution is 2.46. The molecule has 0 heterocycles. The van der Waals surface area contributed by atoms with E-state index in [0.29, 0.717) is 5.75 Å². The van der Waals surface area contributed by atoms with Gasteiger partial charge in [-0.2, -0.15) is 9.79 Å². The summed E-state index contributed by atoms with van der Waals surface area (Å²) < 4.78 is 4.88. The van der Waals surface area contributed by atoms with Crippen molar-refractivity contribution in [1.82, 2.24) is 0 Å². The predicted molar refractivity (Wildman–Crippen MR) is 49.1 cm³/mol. The Kier molecular flexibility index (Phi) is 2.68. The molecule has 0 aromatic heterocycles. The fourth-order valence-electron chi connectivity index (χ4n) is 0.799. The Morgan fingerprint density at radius 1 is 1.17 bits per heavy atom. The number of hydrogen-bond acceptors (Lipinski definition) is 3. The van der Waals surface area contributed by atoms with Crippen molar-refractivity contribution in [3.05, 3.63) is 29.8 Å². The fraction of sp³-hybridized carbons (Fsp3) is 0.250. The third kappa shape index (κ3) is 3.18. The molecule has 0 aliphatic rings. The molecule has 0 aliphatic carbocycles. The molecule has 66 valence electrons. The largest absolute Gasteiger partial charge is 0.448 e. The van der Waals surface area contributed by atoms with Crippen LogP contribution in [0.3, 0.4) is 0 Å². The second kappa shape index (κ2) is 3.40.